The summed E-state index contributed by atoms with van der Waals surface area (Å²) in [6.07, 6.45) is 2.92. The molecule has 1 aliphatic heterocycles. The Morgan fingerprint density at radius 3 is 2.17 bits per heavy atom. The van der Waals surface area contributed by atoms with Crippen LogP contribution in [0.3, 0.4) is 0 Å². The van der Waals surface area contributed by atoms with E-state index in [4.69, 9.17) is 23.2 Å². The first-order valence-corrected chi connectivity index (χ1v) is 11.0. The van der Waals surface area contributed by atoms with Crippen LogP contribution in [0.2, 0.25) is 10.0 Å². The van der Waals surface area contributed by atoms with Crippen LogP contribution in [0.5, 0.6) is 0 Å². The number of anilines is 2. The second kappa shape index (κ2) is 7.33. The lowest BCUT2D eigenvalue weighted by molar-refractivity contribution is 0.253. The van der Waals surface area contributed by atoms with Gasteiger partial charge in [-0.3, -0.25) is 9.80 Å². The minimum Gasteiger partial charge on any atom is -0.288 e. The zero-order chi connectivity index (χ0) is 20.9. The van der Waals surface area contributed by atoms with Gasteiger partial charge in [0.1, 0.15) is 0 Å². The molecule has 3 aromatic carbocycles. The van der Waals surface area contributed by atoms with Crippen LogP contribution >= 0.6 is 23.2 Å². The van der Waals surface area contributed by atoms with Crippen LogP contribution in [-0.4, -0.2) is 12.1 Å². The first-order valence-electron chi connectivity index (χ1n) is 10.2. The third-order valence-corrected chi connectivity index (χ3v) is 6.91. The molecule has 2 fully saturated rings. The van der Waals surface area contributed by atoms with Crippen LogP contribution in [0.4, 0.5) is 16.2 Å². The van der Waals surface area contributed by atoms with E-state index in [9.17, 15) is 4.79 Å². The predicted molar refractivity (Wildman–Crippen MR) is 124 cm³/mol. The zero-order valence-corrected chi connectivity index (χ0v) is 18.2. The minimum absolute atomic E-state index is 0.00847. The molecule has 5 heteroatoms. The van der Waals surface area contributed by atoms with E-state index in [2.05, 4.69) is 31.2 Å². The number of rotatable bonds is 3. The molecule has 0 radical (unpaired) electrons. The molecular weight excluding hydrogens is 415 g/mol. The highest BCUT2D eigenvalue weighted by Gasteiger charge is 2.61. The Balaban J connectivity index is 1.72. The van der Waals surface area contributed by atoms with Gasteiger partial charge in [-0.15, -0.1) is 0 Å². The number of aryl methyl sites for hydroxylation is 1. The van der Waals surface area contributed by atoms with Crippen molar-refractivity contribution >= 4 is 40.6 Å². The Morgan fingerprint density at radius 1 is 0.900 bits per heavy atom. The highest BCUT2D eigenvalue weighted by atomic mass is 35.5. The smallest absolute Gasteiger partial charge is 0.288 e. The molecule has 2 amide bonds. The molecule has 1 saturated carbocycles. The maximum atomic E-state index is 13.9. The minimum atomic E-state index is -0.420. The van der Waals surface area contributed by atoms with Gasteiger partial charge in [-0.1, -0.05) is 53.0 Å². The largest absolute Gasteiger partial charge is 0.330 e. The number of fused-ring (bicyclic) bond motifs is 1. The standard InChI is InChI=1S/C25H22Cl2N2O/c1-17-4-2-5-18(16-17)25-15-3-6-23(25)28(21-11-7-19(26)8-12-21)24(30)29(25)22-13-9-20(27)10-14-22/h2,4-5,7-14,16,23H,3,6,15H2,1H3/t23-,25-/m1/s1. The molecule has 0 unspecified atom stereocenters. The lowest BCUT2D eigenvalue weighted by Gasteiger charge is -2.38. The van der Waals surface area contributed by atoms with E-state index in [0.717, 1.165) is 30.6 Å². The van der Waals surface area contributed by atoms with Crippen LogP contribution in [-0.2, 0) is 5.54 Å². The molecule has 0 spiro atoms. The Labute approximate surface area is 186 Å². The van der Waals surface area contributed by atoms with Crippen molar-refractivity contribution in [2.45, 2.75) is 37.8 Å². The summed E-state index contributed by atoms with van der Waals surface area (Å²) in [5.74, 6) is 0. The van der Waals surface area contributed by atoms with Crippen molar-refractivity contribution in [3.63, 3.8) is 0 Å². The lowest BCUT2D eigenvalue weighted by atomic mass is 9.83. The summed E-state index contributed by atoms with van der Waals surface area (Å²) in [4.78, 5) is 17.9. The molecular formula is C25H22Cl2N2O. The highest BCUT2D eigenvalue weighted by molar-refractivity contribution is 6.31. The number of hydrogen-bond acceptors (Lipinski definition) is 1. The van der Waals surface area contributed by atoms with Gasteiger partial charge in [0.25, 0.3) is 0 Å². The molecule has 2 aliphatic rings. The van der Waals surface area contributed by atoms with Crippen LogP contribution in [0.1, 0.15) is 30.4 Å². The van der Waals surface area contributed by atoms with E-state index in [0.29, 0.717) is 10.0 Å². The van der Waals surface area contributed by atoms with Gasteiger partial charge >= 0.3 is 6.03 Å². The van der Waals surface area contributed by atoms with Gasteiger partial charge in [0.15, 0.2) is 0 Å². The Morgan fingerprint density at radius 2 is 1.53 bits per heavy atom. The van der Waals surface area contributed by atoms with E-state index < -0.39 is 5.54 Å². The fraction of sp³-hybridized carbons (Fsp3) is 0.240. The number of urea groups is 1. The average molecular weight is 437 g/mol. The Bertz CT molecular complexity index is 1100. The number of nitrogens with zero attached hydrogens (tertiary/aromatic N) is 2. The van der Waals surface area contributed by atoms with Crippen molar-refractivity contribution in [2.24, 2.45) is 0 Å². The number of carbonyl (C=O) groups excluding carboxylic acids is 1. The molecule has 152 valence electrons. The molecule has 30 heavy (non-hydrogen) atoms. The number of hydrogen-bond donors (Lipinski definition) is 0. The van der Waals surface area contributed by atoms with Crippen molar-refractivity contribution < 1.29 is 4.79 Å². The Kier molecular flexibility index (Phi) is 4.76. The van der Waals surface area contributed by atoms with E-state index in [1.807, 2.05) is 58.3 Å². The summed E-state index contributed by atoms with van der Waals surface area (Å²) < 4.78 is 0. The summed E-state index contributed by atoms with van der Waals surface area (Å²) in [5.41, 5.74) is 3.71. The molecule has 1 heterocycles. The van der Waals surface area contributed by atoms with E-state index >= 15 is 0 Å². The van der Waals surface area contributed by atoms with Crippen LogP contribution in [0, 0.1) is 6.92 Å². The first kappa shape index (κ1) is 19.5. The molecule has 1 aliphatic carbocycles. The van der Waals surface area contributed by atoms with Gasteiger partial charge in [-0.2, -0.15) is 0 Å². The number of halogens is 2. The quantitative estimate of drug-likeness (QED) is 0.425. The zero-order valence-electron chi connectivity index (χ0n) is 16.7. The molecule has 3 aromatic rings. The SMILES string of the molecule is Cc1cccc([C@]23CCC[C@H]2N(c2ccc(Cl)cc2)C(=O)N3c2ccc(Cl)cc2)c1. The van der Waals surface area contributed by atoms with Crippen molar-refractivity contribution in [1.29, 1.82) is 0 Å². The second-order valence-electron chi connectivity index (χ2n) is 8.14. The first-order chi connectivity index (χ1) is 14.5. The van der Waals surface area contributed by atoms with Gasteiger partial charge in [0.05, 0.1) is 11.6 Å². The number of carbonyl (C=O) groups is 1. The van der Waals surface area contributed by atoms with Crippen LogP contribution < -0.4 is 9.80 Å². The summed E-state index contributed by atoms with van der Waals surface area (Å²) in [7, 11) is 0. The number of amides is 2. The summed E-state index contributed by atoms with van der Waals surface area (Å²) in [6, 6.07) is 23.8. The molecule has 5 rings (SSSR count). The van der Waals surface area contributed by atoms with Crippen molar-refractivity contribution in [2.75, 3.05) is 9.80 Å². The van der Waals surface area contributed by atoms with Gasteiger partial charge < -0.3 is 0 Å². The highest BCUT2D eigenvalue weighted by Crippen LogP contribution is 2.54. The van der Waals surface area contributed by atoms with Crippen LogP contribution in [0.15, 0.2) is 72.8 Å². The van der Waals surface area contributed by atoms with Crippen molar-refractivity contribution in [1.82, 2.24) is 0 Å². The maximum Gasteiger partial charge on any atom is 0.330 e. The molecule has 3 nitrogen and oxygen atoms in total. The third kappa shape index (κ3) is 2.91. The third-order valence-electron chi connectivity index (χ3n) is 6.40. The molecule has 0 bridgehead atoms. The van der Waals surface area contributed by atoms with E-state index in [1.165, 1.54) is 11.1 Å². The molecule has 0 aromatic heterocycles. The van der Waals surface area contributed by atoms with E-state index in [-0.39, 0.29) is 12.1 Å². The normalized spacial score (nSPS) is 23.2. The summed E-state index contributed by atoms with van der Waals surface area (Å²) in [6.45, 7) is 2.10. The fourth-order valence-electron chi connectivity index (χ4n) is 5.19. The topological polar surface area (TPSA) is 23.6 Å². The lowest BCUT2D eigenvalue weighted by Crippen LogP contribution is -2.46. The van der Waals surface area contributed by atoms with Gasteiger partial charge in [-0.25, -0.2) is 4.79 Å². The van der Waals surface area contributed by atoms with Crippen LogP contribution in [0.25, 0.3) is 0 Å². The second-order valence-corrected chi connectivity index (χ2v) is 9.02. The molecule has 2 atom stereocenters. The predicted octanol–water partition coefficient (Wildman–Crippen LogP) is 7.20. The van der Waals surface area contributed by atoms with E-state index in [1.54, 1.807) is 0 Å². The summed E-state index contributed by atoms with van der Waals surface area (Å²) in [5, 5.41) is 1.32. The van der Waals surface area contributed by atoms with Crippen molar-refractivity contribution in [3.05, 3.63) is 94.0 Å². The number of benzene rings is 3. The average Bonchev–Trinajstić information content (AvgIpc) is 3.26. The van der Waals surface area contributed by atoms with Gasteiger partial charge in [0.2, 0.25) is 0 Å². The molecule has 0 N–H and O–H groups in total. The van der Waals surface area contributed by atoms with Gasteiger partial charge in [-0.05, 0) is 80.3 Å². The maximum absolute atomic E-state index is 13.9. The monoisotopic (exact) mass is 436 g/mol. The fourth-order valence-corrected chi connectivity index (χ4v) is 5.44. The molecule has 1 saturated heterocycles. The summed E-state index contributed by atoms with van der Waals surface area (Å²) >= 11 is 12.3. The van der Waals surface area contributed by atoms with Gasteiger partial charge in [0, 0.05) is 21.4 Å². The van der Waals surface area contributed by atoms with Crippen molar-refractivity contribution in [3.8, 4) is 0 Å². The Hall–Kier alpha value is -2.49.